The van der Waals surface area contributed by atoms with Gasteiger partial charge < -0.3 is 4.90 Å². The Morgan fingerprint density at radius 1 is 0.864 bits per heavy atom. The van der Waals surface area contributed by atoms with Crippen LogP contribution in [0.4, 0.5) is 0 Å². The second-order valence-corrected chi connectivity index (χ2v) is 6.88. The molecule has 120 valence electrons. The van der Waals surface area contributed by atoms with Gasteiger partial charge in [-0.1, -0.05) is 36.8 Å². The van der Waals surface area contributed by atoms with Crippen molar-refractivity contribution in [2.24, 2.45) is 0 Å². The fourth-order valence-electron chi connectivity index (χ4n) is 3.98. The third-order valence-electron chi connectivity index (χ3n) is 5.08. The zero-order valence-electron chi connectivity index (χ0n) is 14.0. The molecule has 0 spiro atoms. The quantitative estimate of drug-likeness (QED) is 0.801. The molecule has 1 aromatic carbocycles. The molecule has 2 heterocycles. The van der Waals surface area contributed by atoms with Gasteiger partial charge in [-0.15, -0.1) is 0 Å². The van der Waals surface area contributed by atoms with Gasteiger partial charge >= 0.3 is 0 Å². The van der Waals surface area contributed by atoms with Crippen LogP contribution in [-0.4, -0.2) is 36.0 Å². The van der Waals surface area contributed by atoms with E-state index in [-0.39, 0.29) is 0 Å². The molecule has 1 unspecified atom stereocenters. The van der Waals surface area contributed by atoms with Crippen molar-refractivity contribution < 1.29 is 0 Å². The SMILES string of the molecule is C/C(=C\N1CCCCC1)C(c1ccccc1)N1CCCCC1. The molecule has 0 bridgehead atoms. The highest BCUT2D eigenvalue weighted by Gasteiger charge is 2.24. The molecule has 2 saturated heterocycles. The molecule has 1 atom stereocenters. The molecule has 2 aliphatic heterocycles. The topological polar surface area (TPSA) is 6.48 Å². The average Bonchev–Trinajstić information content (AvgIpc) is 2.58. The van der Waals surface area contributed by atoms with E-state index in [0.717, 1.165) is 0 Å². The lowest BCUT2D eigenvalue weighted by Gasteiger charge is -2.36. The highest BCUT2D eigenvalue weighted by molar-refractivity contribution is 5.27. The van der Waals surface area contributed by atoms with Crippen molar-refractivity contribution in [2.75, 3.05) is 26.2 Å². The molecule has 2 fully saturated rings. The highest BCUT2D eigenvalue weighted by Crippen LogP contribution is 2.31. The predicted molar refractivity (Wildman–Crippen MR) is 93.8 cm³/mol. The lowest BCUT2D eigenvalue weighted by Crippen LogP contribution is -2.35. The largest absolute Gasteiger partial charge is 0.377 e. The van der Waals surface area contributed by atoms with Gasteiger partial charge in [0, 0.05) is 13.1 Å². The number of benzene rings is 1. The minimum Gasteiger partial charge on any atom is -0.377 e. The first-order valence-electron chi connectivity index (χ1n) is 9.06. The fraction of sp³-hybridized carbons (Fsp3) is 0.600. The third kappa shape index (κ3) is 3.92. The molecule has 0 aromatic heterocycles. The van der Waals surface area contributed by atoms with Crippen molar-refractivity contribution >= 4 is 0 Å². The molecule has 2 aliphatic rings. The molecule has 0 amide bonds. The van der Waals surface area contributed by atoms with E-state index in [2.05, 4.69) is 53.3 Å². The fourth-order valence-corrected chi connectivity index (χ4v) is 3.98. The van der Waals surface area contributed by atoms with Gasteiger partial charge in [-0.05, 0) is 69.5 Å². The molecule has 0 radical (unpaired) electrons. The van der Waals surface area contributed by atoms with E-state index in [4.69, 9.17) is 0 Å². The van der Waals surface area contributed by atoms with Gasteiger partial charge in [-0.25, -0.2) is 0 Å². The van der Waals surface area contributed by atoms with Gasteiger partial charge in [0.1, 0.15) is 0 Å². The number of rotatable bonds is 4. The highest BCUT2D eigenvalue weighted by atomic mass is 15.2. The number of nitrogens with zero attached hydrogens (tertiary/aromatic N) is 2. The van der Waals surface area contributed by atoms with Crippen LogP contribution in [0.3, 0.4) is 0 Å². The Morgan fingerprint density at radius 3 is 2.09 bits per heavy atom. The van der Waals surface area contributed by atoms with Crippen LogP contribution in [0.1, 0.15) is 57.1 Å². The standard InChI is InChI=1S/C20H30N2/c1-18(17-21-13-7-3-8-14-21)20(19-11-5-2-6-12-19)22-15-9-4-10-16-22/h2,5-6,11-12,17,20H,3-4,7-10,13-16H2,1H3/b18-17+. The molecule has 0 saturated carbocycles. The molecule has 3 rings (SSSR count). The molecule has 22 heavy (non-hydrogen) atoms. The van der Waals surface area contributed by atoms with E-state index in [1.165, 1.54) is 75.8 Å². The van der Waals surface area contributed by atoms with E-state index >= 15 is 0 Å². The minimum atomic E-state index is 0.462. The Kier molecular flexibility index (Phi) is 5.55. The minimum absolute atomic E-state index is 0.462. The molecule has 2 nitrogen and oxygen atoms in total. The maximum atomic E-state index is 2.69. The zero-order chi connectivity index (χ0) is 15.2. The van der Waals surface area contributed by atoms with Crippen LogP contribution in [0, 0.1) is 0 Å². The smallest absolute Gasteiger partial charge is 0.0575 e. The van der Waals surface area contributed by atoms with Crippen LogP contribution >= 0.6 is 0 Å². The third-order valence-corrected chi connectivity index (χ3v) is 5.08. The lowest BCUT2D eigenvalue weighted by atomic mass is 9.96. The van der Waals surface area contributed by atoms with Crippen molar-refractivity contribution in [3.8, 4) is 0 Å². The van der Waals surface area contributed by atoms with Crippen LogP contribution < -0.4 is 0 Å². The summed E-state index contributed by atoms with van der Waals surface area (Å²) in [6.07, 6.45) is 10.6. The first-order chi connectivity index (χ1) is 10.8. The summed E-state index contributed by atoms with van der Waals surface area (Å²) in [5.41, 5.74) is 2.96. The number of hydrogen-bond donors (Lipinski definition) is 0. The molecule has 0 aliphatic carbocycles. The van der Waals surface area contributed by atoms with Crippen molar-refractivity contribution in [3.05, 3.63) is 47.7 Å². The summed E-state index contributed by atoms with van der Waals surface area (Å²) in [7, 11) is 0. The van der Waals surface area contributed by atoms with Gasteiger partial charge in [-0.3, -0.25) is 4.90 Å². The van der Waals surface area contributed by atoms with E-state index in [1.54, 1.807) is 0 Å². The monoisotopic (exact) mass is 298 g/mol. The van der Waals surface area contributed by atoms with Gasteiger partial charge in [0.25, 0.3) is 0 Å². The number of hydrogen-bond acceptors (Lipinski definition) is 2. The maximum Gasteiger partial charge on any atom is 0.0575 e. The Labute approximate surface area is 135 Å². The van der Waals surface area contributed by atoms with Crippen LogP contribution in [0.25, 0.3) is 0 Å². The first kappa shape index (κ1) is 15.6. The van der Waals surface area contributed by atoms with Gasteiger partial charge in [0.15, 0.2) is 0 Å². The zero-order valence-corrected chi connectivity index (χ0v) is 14.0. The van der Waals surface area contributed by atoms with Gasteiger partial charge in [0.05, 0.1) is 6.04 Å². The van der Waals surface area contributed by atoms with E-state index in [0.29, 0.717) is 6.04 Å². The predicted octanol–water partition coefficient (Wildman–Crippen LogP) is 4.60. The summed E-state index contributed by atoms with van der Waals surface area (Å²) in [4.78, 5) is 5.23. The van der Waals surface area contributed by atoms with E-state index in [9.17, 15) is 0 Å². The summed E-state index contributed by atoms with van der Waals surface area (Å²) in [5.74, 6) is 0. The summed E-state index contributed by atoms with van der Waals surface area (Å²) in [5, 5.41) is 0. The first-order valence-corrected chi connectivity index (χ1v) is 9.06. The van der Waals surface area contributed by atoms with Crippen molar-refractivity contribution in [1.82, 2.24) is 9.80 Å². The molecular formula is C20H30N2. The van der Waals surface area contributed by atoms with Crippen LogP contribution in [-0.2, 0) is 0 Å². The Hall–Kier alpha value is -1.28. The Bertz CT molecular complexity index is 468. The summed E-state index contributed by atoms with van der Waals surface area (Å²) < 4.78 is 0. The van der Waals surface area contributed by atoms with Gasteiger partial charge in [-0.2, -0.15) is 0 Å². The average molecular weight is 298 g/mol. The number of likely N-dealkylation sites (tertiary alicyclic amines) is 2. The summed E-state index contributed by atoms with van der Waals surface area (Å²) >= 11 is 0. The van der Waals surface area contributed by atoms with Gasteiger partial charge in [0.2, 0.25) is 0 Å². The van der Waals surface area contributed by atoms with Crippen molar-refractivity contribution in [1.29, 1.82) is 0 Å². The second-order valence-electron chi connectivity index (χ2n) is 6.88. The molecule has 1 aromatic rings. The van der Waals surface area contributed by atoms with Crippen LogP contribution in [0.5, 0.6) is 0 Å². The lowest BCUT2D eigenvalue weighted by molar-refractivity contribution is 0.182. The normalized spacial score (nSPS) is 22.6. The second kappa shape index (κ2) is 7.82. The Morgan fingerprint density at radius 2 is 1.45 bits per heavy atom. The van der Waals surface area contributed by atoms with E-state index in [1.807, 2.05) is 0 Å². The molecule has 0 N–H and O–H groups in total. The van der Waals surface area contributed by atoms with Crippen molar-refractivity contribution in [3.63, 3.8) is 0 Å². The Balaban J connectivity index is 1.81. The van der Waals surface area contributed by atoms with Crippen LogP contribution in [0.2, 0.25) is 0 Å². The number of piperidine rings is 2. The summed E-state index contributed by atoms with van der Waals surface area (Å²) in [6, 6.07) is 11.5. The van der Waals surface area contributed by atoms with Crippen LogP contribution in [0.15, 0.2) is 42.1 Å². The van der Waals surface area contributed by atoms with E-state index < -0.39 is 0 Å². The maximum absolute atomic E-state index is 2.69. The molecule has 2 heteroatoms. The molecular weight excluding hydrogens is 268 g/mol. The summed E-state index contributed by atoms with van der Waals surface area (Å²) in [6.45, 7) is 7.29. The van der Waals surface area contributed by atoms with Crippen molar-refractivity contribution in [2.45, 2.75) is 51.5 Å².